The number of anilines is 2. The molecule has 0 unspecified atom stereocenters. The molecule has 2 aromatic carbocycles. The molecule has 0 aliphatic carbocycles. The minimum absolute atomic E-state index is 0.0957. The summed E-state index contributed by atoms with van der Waals surface area (Å²) < 4.78 is 26.5. The molecule has 1 aromatic heterocycles. The molecule has 0 fully saturated rings. The molecule has 172 valence electrons. The highest BCUT2D eigenvalue weighted by atomic mass is 32.2. The number of sulfonamides is 1. The van der Waals surface area contributed by atoms with Gasteiger partial charge in [-0.15, -0.1) is 0 Å². The molecule has 0 aliphatic rings. The number of rotatable bonds is 6. The molecule has 3 rings (SSSR count). The van der Waals surface area contributed by atoms with Crippen molar-refractivity contribution in [1.82, 2.24) is 9.71 Å². The minimum atomic E-state index is -3.61. The van der Waals surface area contributed by atoms with Crippen molar-refractivity contribution in [2.45, 2.75) is 38.3 Å². The summed E-state index contributed by atoms with van der Waals surface area (Å²) >= 11 is 0.945. The molecule has 3 aromatic rings. The maximum absolute atomic E-state index is 12.6. The lowest BCUT2D eigenvalue weighted by Gasteiger charge is -2.15. The fraction of sp³-hybridized carbons (Fsp3) is 0.304. The first-order valence-corrected chi connectivity index (χ1v) is 12.7. The largest absolute Gasteiger partial charge is 0.327 e. The Morgan fingerprint density at radius 1 is 1.09 bits per heavy atom. The first kappa shape index (κ1) is 25.5. The highest BCUT2D eigenvalue weighted by molar-refractivity contribution is 7.91. The van der Waals surface area contributed by atoms with Crippen LogP contribution in [0.5, 0.6) is 0 Å². The van der Waals surface area contributed by atoms with E-state index >= 15 is 0 Å². The number of nitrogens with one attached hydrogen (secondary N) is 2. The molecule has 0 aliphatic heterocycles. The number of carbonyl (C=O) groups is 1. The number of hydrogen-bond acceptors (Lipinski definition) is 5. The summed E-state index contributed by atoms with van der Waals surface area (Å²) in [6, 6.07) is 15.5. The third-order valence-electron chi connectivity index (χ3n) is 4.65. The topological polar surface area (TPSA) is 91.4 Å². The third-order valence-corrected chi connectivity index (χ3v) is 7.91. The van der Waals surface area contributed by atoms with E-state index in [2.05, 4.69) is 40.1 Å². The second-order valence-corrected chi connectivity index (χ2v) is 9.76. The third kappa shape index (κ3) is 5.93. The van der Waals surface area contributed by atoms with Gasteiger partial charge < -0.3 is 5.32 Å². The van der Waals surface area contributed by atoms with E-state index in [1.54, 1.807) is 14.0 Å². The van der Waals surface area contributed by atoms with Crippen molar-refractivity contribution in [1.29, 1.82) is 0 Å². The van der Waals surface area contributed by atoms with Crippen LogP contribution in [0.3, 0.4) is 0 Å². The van der Waals surface area contributed by atoms with Crippen molar-refractivity contribution in [2.75, 3.05) is 24.3 Å². The number of aromatic nitrogens is 1. The summed E-state index contributed by atoms with van der Waals surface area (Å²) in [6.45, 7) is 7.72. The quantitative estimate of drug-likeness (QED) is 0.508. The number of urea groups is 1. The summed E-state index contributed by atoms with van der Waals surface area (Å²) in [5.41, 5.74) is 4.45. The van der Waals surface area contributed by atoms with Crippen LogP contribution in [0.25, 0.3) is 11.1 Å². The van der Waals surface area contributed by atoms with E-state index < -0.39 is 16.1 Å². The Morgan fingerprint density at radius 3 is 2.34 bits per heavy atom. The van der Waals surface area contributed by atoms with E-state index in [0.717, 1.165) is 28.9 Å². The fourth-order valence-corrected chi connectivity index (χ4v) is 5.16. The van der Waals surface area contributed by atoms with Gasteiger partial charge in [-0.3, -0.25) is 4.90 Å². The summed E-state index contributed by atoms with van der Waals surface area (Å²) in [5, 5.41) is 3.11. The predicted octanol–water partition coefficient (Wildman–Crippen LogP) is 5.28. The van der Waals surface area contributed by atoms with Crippen molar-refractivity contribution >= 4 is 38.2 Å². The van der Waals surface area contributed by atoms with E-state index in [-0.39, 0.29) is 4.21 Å². The smallest absolute Gasteiger partial charge is 0.307 e. The zero-order chi connectivity index (χ0) is 23.9. The molecule has 1 heterocycles. The summed E-state index contributed by atoms with van der Waals surface area (Å²) in [4.78, 5) is 18.1. The monoisotopic (exact) mass is 474 g/mol. The van der Waals surface area contributed by atoms with Crippen molar-refractivity contribution in [3.63, 3.8) is 0 Å². The number of hydrogen-bond donors (Lipinski definition) is 2. The zero-order valence-electron chi connectivity index (χ0n) is 19.3. The highest BCUT2D eigenvalue weighted by Crippen LogP contribution is 2.29. The maximum atomic E-state index is 12.6. The normalized spacial score (nSPS) is 10.8. The van der Waals surface area contributed by atoms with Gasteiger partial charge >= 0.3 is 6.03 Å². The van der Waals surface area contributed by atoms with Gasteiger partial charge in [-0.1, -0.05) is 68.5 Å². The lowest BCUT2D eigenvalue weighted by Crippen LogP contribution is -2.31. The number of amides is 2. The van der Waals surface area contributed by atoms with Gasteiger partial charge in [0, 0.05) is 12.7 Å². The van der Waals surface area contributed by atoms with Crippen molar-refractivity contribution in [3.8, 4) is 11.1 Å². The van der Waals surface area contributed by atoms with Gasteiger partial charge in [0.15, 0.2) is 9.34 Å². The molecule has 9 heteroatoms. The van der Waals surface area contributed by atoms with Gasteiger partial charge in [0.2, 0.25) is 0 Å². The Morgan fingerprint density at radius 2 is 1.75 bits per heavy atom. The molecule has 0 atom stereocenters. The second-order valence-electron chi connectivity index (χ2n) is 6.70. The number of thiazole rings is 1. The molecule has 0 bridgehead atoms. The summed E-state index contributed by atoms with van der Waals surface area (Å²) in [6.07, 6.45) is 0.974. The van der Waals surface area contributed by atoms with Gasteiger partial charge in [-0.05, 0) is 49.2 Å². The Balaban J connectivity index is 0.00000176. The van der Waals surface area contributed by atoms with E-state index in [9.17, 15) is 13.2 Å². The van der Waals surface area contributed by atoms with Gasteiger partial charge in [0.25, 0.3) is 10.0 Å². The van der Waals surface area contributed by atoms with E-state index in [0.29, 0.717) is 16.5 Å². The number of nitrogens with zero attached hydrogens (tertiary/aromatic N) is 2. The van der Waals surface area contributed by atoms with Gasteiger partial charge in [-0.25, -0.2) is 22.9 Å². The van der Waals surface area contributed by atoms with Crippen LogP contribution in [0, 0.1) is 6.92 Å². The van der Waals surface area contributed by atoms with Crippen LogP contribution in [0.2, 0.25) is 0 Å². The van der Waals surface area contributed by atoms with Crippen LogP contribution in [-0.4, -0.2) is 33.5 Å². The Labute approximate surface area is 194 Å². The Bertz CT molecular complexity index is 1160. The number of benzene rings is 2. The standard InChI is InChI=1S/C21H24N4O3S2.C2H6/c1-5-15-7-6-8-17(13-15)16-9-11-18(12-10-16)24-20(26)25(4)21-23-14(2)19(29-21)30(27,28)22-3;1-2/h6-13,22H,5H2,1-4H3,(H,24,26);1-2H3. The van der Waals surface area contributed by atoms with Crippen LogP contribution in [0.1, 0.15) is 32.0 Å². The Kier molecular flexibility index (Phi) is 8.94. The molecule has 2 amide bonds. The highest BCUT2D eigenvalue weighted by Gasteiger charge is 2.23. The molecule has 2 N–H and O–H groups in total. The molecular weight excluding hydrogens is 444 g/mol. The second kappa shape index (κ2) is 11.2. The first-order chi connectivity index (χ1) is 15.2. The number of carbonyl (C=O) groups excluding carboxylic acids is 1. The predicted molar refractivity (Wildman–Crippen MR) is 133 cm³/mol. The van der Waals surface area contributed by atoms with Crippen molar-refractivity contribution in [2.24, 2.45) is 0 Å². The minimum Gasteiger partial charge on any atom is -0.307 e. The Hall–Kier alpha value is -2.75. The molecule has 0 spiro atoms. The maximum Gasteiger partial charge on any atom is 0.327 e. The van der Waals surface area contributed by atoms with Crippen LogP contribution < -0.4 is 14.9 Å². The molecule has 7 nitrogen and oxygen atoms in total. The van der Waals surface area contributed by atoms with Crippen LogP contribution in [0.4, 0.5) is 15.6 Å². The van der Waals surface area contributed by atoms with Crippen molar-refractivity contribution in [3.05, 3.63) is 59.8 Å². The lowest BCUT2D eigenvalue weighted by atomic mass is 10.0. The van der Waals surface area contributed by atoms with E-state index in [1.165, 1.54) is 17.5 Å². The van der Waals surface area contributed by atoms with Crippen LogP contribution in [0.15, 0.2) is 52.7 Å². The molecule has 0 radical (unpaired) electrons. The van der Waals surface area contributed by atoms with Crippen molar-refractivity contribution < 1.29 is 13.2 Å². The fourth-order valence-electron chi connectivity index (χ4n) is 2.87. The molecule has 32 heavy (non-hydrogen) atoms. The zero-order valence-corrected chi connectivity index (χ0v) is 20.9. The molecule has 0 saturated heterocycles. The van der Waals surface area contributed by atoms with Gasteiger partial charge in [-0.2, -0.15) is 0 Å². The number of aryl methyl sites for hydroxylation is 2. The SMILES string of the molecule is CC.CCc1cccc(-c2ccc(NC(=O)N(C)c3nc(C)c(S(=O)(=O)NC)s3)cc2)c1. The van der Waals surface area contributed by atoms with E-state index in [1.807, 2.05) is 44.2 Å². The molecular formula is C23H30N4O3S2. The average Bonchev–Trinajstić information content (AvgIpc) is 3.22. The van der Waals surface area contributed by atoms with Gasteiger partial charge in [0.05, 0.1) is 5.69 Å². The summed E-state index contributed by atoms with van der Waals surface area (Å²) in [7, 11) is -0.725. The van der Waals surface area contributed by atoms with E-state index in [4.69, 9.17) is 0 Å². The molecule has 0 saturated carbocycles. The van der Waals surface area contributed by atoms with Crippen LogP contribution >= 0.6 is 11.3 Å². The first-order valence-electron chi connectivity index (χ1n) is 10.4. The van der Waals surface area contributed by atoms with Gasteiger partial charge in [0.1, 0.15) is 0 Å². The average molecular weight is 475 g/mol. The summed E-state index contributed by atoms with van der Waals surface area (Å²) in [5.74, 6) is 0. The lowest BCUT2D eigenvalue weighted by molar-refractivity contribution is 0.258. The van der Waals surface area contributed by atoms with Crippen LogP contribution in [-0.2, 0) is 16.4 Å².